The first kappa shape index (κ1) is 31.0. The first-order chi connectivity index (χ1) is 22.0. The molecule has 46 heavy (non-hydrogen) atoms. The maximum absolute atomic E-state index is 13.8. The Hall–Kier alpha value is -3.67. The highest BCUT2D eigenvalue weighted by Crippen LogP contribution is 2.47. The van der Waals surface area contributed by atoms with E-state index in [0.717, 1.165) is 61.4 Å². The molecule has 4 fully saturated rings. The lowest BCUT2D eigenvalue weighted by Crippen LogP contribution is -2.57. The van der Waals surface area contributed by atoms with Crippen molar-refractivity contribution in [3.05, 3.63) is 47.2 Å². The number of aromatic nitrogens is 2. The Morgan fingerprint density at radius 1 is 0.978 bits per heavy atom. The van der Waals surface area contributed by atoms with Crippen molar-refractivity contribution in [1.29, 1.82) is 0 Å². The van der Waals surface area contributed by atoms with Crippen molar-refractivity contribution in [3.8, 4) is 6.01 Å². The van der Waals surface area contributed by atoms with E-state index in [0.29, 0.717) is 51.8 Å². The normalized spacial score (nSPS) is 25.0. The second-order valence-corrected chi connectivity index (χ2v) is 14.7. The van der Waals surface area contributed by atoms with Gasteiger partial charge in [-0.25, -0.2) is 14.0 Å². The van der Waals surface area contributed by atoms with Crippen molar-refractivity contribution in [1.82, 2.24) is 24.7 Å². The topological polar surface area (TPSA) is 101 Å². The van der Waals surface area contributed by atoms with E-state index in [1.165, 1.54) is 0 Å². The lowest BCUT2D eigenvalue weighted by Gasteiger charge is -2.42. The van der Waals surface area contributed by atoms with Crippen LogP contribution in [0.2, 0.25) is 0 Å². The van der Waals surface area contributed by atoms with E-state index >= 15 is 0 Å². The molecule has 2 amide bonds. The Kier molecular flexibility index (Phi) is 8.19. The summed E-state index contributed by atoms with van der Waals surface area (Å²) >= 11 is 0. The van der Waals surface area contributed by atoms with E-state index in [-0.39, 0.29) is 30.2 Å². The molecular formula is C34H45FN6O5. The number of halogens is 1. The van der Waals surface area contributed by atoms with Gasteiger partial charge in [0, 0.05) is 43.7 Å². The van der Waals surface area contributed by atoms with Crippen molar-refractivity contribution < 1.29 is 28.2 Å². The van der Waals surface area contributed by atoms with Crippen molar-refractivity contribution in [2.24, 2.45) is 5.41 Å². The van der Waals surface area contributed by atoms with E-state index in [2.05, 4.69) is 9.80 Å². The Bertz CT molecular complexity index is 1440. The van der Waals surface area contributed by atoms with Crippen LogP contribution in [-0.2, 0) is 29.2 Å². The predicted octanol–water partition coefficient (Wildman–Crippen LogP) is 4.92. The zero-order valence-electron chi connectivity index (χ0n) is 27.1. The van der Waals surface area contributed by atoms with Gasteiger partial charge in [0.25, 0.3) is 0 Å². The molecule has 7 rings (SSSR count). The van der Waals surface area contributed by atoms with Crippen molar-refractivity contribution in [3.63, 3.8) is 0 Å². The minimum atomic E-state index is -0.743. The summed E-state index contributed by atoms with van der Waals surface area (Å²) in [5.41, 5.74) is 2.00. The highest BCUT2D eigenvalue weighted by atomic mass is 19.1. The van der Waals surface area contributed by atoms with Gasteiger partial charge in [0.15, 0.2) is 0 Å². The van der Waals surface area contributed by atoms with Gasteiger partial charge in [-0.3, -0.25) is 14.7 Å². The number of hydrogen-bond donors (Lipinski definition) is 0. The molecule has 0 N–H and O–H groups in total. The van der Waals surface area contributed by atoms with Crippen LogP contribution in [0.25, 0.3) is 0 Å². The molecule has 2 aromatic rings. The van der Waals surface area contributed by atoms with Gasteiger partial charge in [0.1, 0.15) is 24.2 Å². The third kappa shape index (κ3) is 6.72. The van der Waals surface area contributed by atoms with Crippen LogP contribution in [0.4, 0.5) is 19.8 Å². The number of ether oxygens (including phenoxy) is 3. The zero-order chi connectivity index (χ0) is 32.1. The van der Waals surface area contributed by atoms with Crippen molar-refractivity contribution >= 4 is 18.0 Å². The highest BCUT2D eigenvalue weighted by Gasteiger charge is 2.47. The number of likely N-dealkylation sites (tertiary alicyclic amines) is 1. The van der Waals surface area contributed by atoms with E-state index in [1.54, 1.807) is 4.90 Å². The molecule has 11 nitrogen and oxygen atoms in total. The molecule has 12 heteroatoms. The van der Waals surface area contributed by atoms with Crippen LogP contribution in [0.5, 0.6) is 6.01 Å². The van der Waals surface area contributed by atoms with Gasteiger partial charge in [-0.05, 0) is 58.4 Å². The number of benzene rings is 1. The lowest BCUT2D eigenvalue weighted by atomic mass is 10.1. The molecule has 2 bridgehead atoms. The lowest BCUT2D eigenvalue weighted by molar-refractivity contribution is 0.0122. The molecule has 1 aliphatic carbocycles. The minimum absolute atomic E-state index is 0.00196. The average Bonchev–Trinajstić information content (AvgIpc) is 3.29. The second-order valence-electron chi connectivity index (χ2n) is 14.7. The number of anilines is 1. The number of amides is 2. The van der Waals surface area contributed by atoms with Crippen LogP contribution < -0.4 is 9.64 Å². The molecule has 3 saturated heterocycles. The Morgan fingerprint density at radius 3 is 2.37 bits per heavy atom. The summed E-state index contributed by atoms with van der Waals surface area (Å²) < 4.78 is 31.6. The van der Waals surface area contributed by atoms with Crippen molar-refractivity contribution in [2.45, 2.75) is 96.4 Å². The van der Waals surface area contributed by atoms with Crippen molar-refractivity contribution in [2.75, 3.05) is 44.2 Å². The number of alkyl halides is 1. The first-order valence-corrected chi connectivity index (χ1v) is 16.7. The summed E-state index contributed by atoms with van der Waals surface area (Å²) in [7, 11) is 0. The van der Waals surface area contributed by atoms with E-state index in [9.17, 15) is 14.0 Å². The van der Waals surface area contributed by atoms with E-state index < -0.39 is 17.9 Å². The number of piperazine rings is 1. The molecule has 4 aliphatic heterocycles. The summed E-state index contributed by atoms with van der Waals surface area (Å²) in [4.78, 5) is 44.1. The smallest absolute Gasteiger partial charge is 0.410 e. The standard InChI is InChI=1S/C34H45FN6O5/c1-33(2,3)46-32(43)41-25-9-10-26(41)17-39(16-25)29-27-18-40(31(42)44-20-23-7-5-4-6-8-23)19-28(27)36-30(37-29)45-22-34(12-13-34)21-38-14-11-24(35)15-38/h4-8,24-26H,9-22H2,1-3H3/t24-,25?,26?/m1/s1. The molecular weight excluding hydrogens is 591 g/mol. The molecule has 1 aromatic carbocycles. The number of rotatable bonds is 8. The van der Waals surface area contributed by atoms with Crippen LogP contribution in [0.15, 0.2) is 30.3 Å². The zero-order valence-corrected chi connectivity index (χ0v) is 27.1. The second kappa shape index (κ2) is 12.2. The largest absolute Gasteiger partial charge is 0.463 e. The summed E-state index contributed by atoms with van der Waals surface area (Å²) in [6.45, 7) is 10.3. The van der Waals surface area contributed by atoms with Gasteiger partial charge in [0.05, 0.1) is 37.5 Å². The van der Waals surface area contributed by atoms with Gasteiger partial charge in [-0.2, -0.15) is 9.97 Å². The van der Waals surface area contributed by atoms with Gasteiger partial charge in [-0.1, -0.05) is 30.3 Å². The molecule has 1 saturated carbocycles. The quantitative estimate of drug-likeness (QED) is 0.400. The van der Waals surface area contributed by atoms with Crippen LogP contribution in [0, 0.1) is 5.41 Å². The Balaban J connectivity index is 1.09. The fourth-order valence-corrected chi connectivity index (χ4v) is 7.32. The number of carbonyl (C=O) groups excluding carboxylic acids is 2. The van der Waals surface area contributed by atoms with Gasteiger partial charge < -0.3 is 19.1 Å². The average molecular weight is 637 g/mol. The molecule has 5 aliphatic rings. The Morgan fingerprint density at radius 2 is 1.72 bits per heavy atom. The summed E-state index contributed by atoms with van der Waals surface area (Å²) in [6.07, 6.45) is 3.05. The molecule has 1 aromatic heterocycles. The first-order valence-electron chi connectivity index (χ1n) is 16.7. The van der Waals surface area contributed by atoms with Gasteiger partial charge in [-0.15, -0.1) is 0 Å². The fourth-order valence-electron chi connectivity index (χ4n) is 7.32. The molecule has 3 atom stereocenters. The van der Waals surface area contributed by atoms with Crippen LogP contribution in [0.3, 0.4) is 0 Å². The Labute approximate surface area is 270 Å². The molecule has 0 spiro atoms. The number of fused-ring (bicyclic) bond motifs is 3. The monoisotopic (exact) mass is 636 g/mol. The van der Waals surface area contributed by atoms with Gasteiger partial charge in [0.2, 0.25) is 0 Å². The highest BCUT2D eigenvalue weighted by molar-refractivity contribution is 5.71. The van der Waals surface area contributed by atoms with Crippen LogP contribution in [0.1, 0.15) is 69.7 Å². The van der Waals surface area contributed by atoms with Gasteiger partial charge >= 0.3 is 18.2 Å². The summed E-state index contributed by atoms with van der Waals surface area (Å²) in [5, 5.41) is 0. The van der Waals surface area contributed by atoms with Crippen LogP contribution in [-0.4, -0.2) is 100 Å². The minimum Gasteiger partial charge on any atom is -0.463 e. The fraction of sp³-hybridized carbons (Fsp3) is 0.647. The SMILES string of the molecule is CC(C)(C)OC(=O)N1C2CCC1CN(c1nc(OCC3(CN4CC[C@@H](F)C4)CC3)nc3c1CN(C(=O)OCc1ccccc1)C3)C2. The number of hydrogen-bond acceptors (Lipinski definition) is 9. The van der Waals surface area contributed by atoms with Crippen LogP contribution >= 0.6 is 0 Å². The molecule has 0 radical (unpaired) electrons. The number of nitrogens with zero attached hydrogens (tertiary/aromatic N) is 6. The molecule has 5 heterocycles. The molecule has 248 valence electrons. The predicted molar refractivity (Wildman–Crippen MR) is 168 cm³/mol. The van der Waals surface area contributed by atoms with E-state index in [1.807, 2.05) is 56.0 Å². The summed E-state index contributed by atoms with van der Waals surface area (Å²) in [5.74, 6) is 0.753. The third-order valence-corrected chi connectivity index (χ3v) is 9.83. The summed E-state index contributed by atoms with van der Waals surface area (Å²) in [6, 6.07) is 9.93. The maximum Gasteiger partial charge on any atom is 0.410 e. The number of carbonyl (C=O) groups is 2. The van der Waals surface area contributed by atoms with E-state index in [4.69, 9.17) is 24.2 Å². The maximum atomic E-state index is 13.8. The third-order valence-electron chi connectivity index (χ3n) is 9.83. The molecule has 2 unspecified atom stereocenters.